The molecule has 0 radical (unpaired) electrons. The molecule has 1 aliphatic heterocycles. The topological polar surface area (TPSA) is 246 Å². The Morgan fingerprint density at radius 2 is 2.00 bits per heavy atom. The summed E-state index contributed by atoms with van der Waals surface area (Å²) in [6, 6.07) is 5.07. The van der Waals surface area contributed by atoms with Crippen LogP contribution in [0.1, 0.15) is 11.8 Å². The van der Waals surface area contributed by atoms with Gasteiger partial charge in [-0.3, -0.25) is 19.0 Å². The van der Waals surface area contributed by atoms with Crippen LogP contribution in [0.3, 0.4) is 0 Å². The van der Waals surface area contributed by atoms with E-state index < -0.39 is 50.8 Å². The Labute approximate surface area is 197 Å². The van der Waals surface area contributed by atoms with Crippen LogP contribution >= 0.6 is 7.75 Å². The van der Waals surface area contributed by atoms with Gasteiger partial charge in [0.25, 0.3) is 5.91 Å². The Balaban J connectivity index is 1.35. The second-order valence-corrected chi connectivity index (χ2v) is 9.44. The van der Waals surface area contributed by atoms with Crippen LogP contribution in [-0.2, 0) is 25.0 Å². The molecular formula is C19H24N7O8P. The highest BCUT2D eigenvalue weighted by Crippen LogP contribution is 2.36. The highest BCUT2D eigenvalue weighted by atomic mass is 31.2. The van der Waals surface area contributed by atoms with Crippen LogP contribution in [0, 0.1) is 0 Å². The number of nitrogens with one attached hydrogen (secondary N) is 1. The number of phenols is 1. The van der Waals surface area contributed by atoms with Gasteiger partial charge in [0.15, 0.2) is 23.7 Å². The van der Waals surface area contributed by atoms with Gasteiger partial charge in [0.05, 0.1) is 12.9 Å². The lowest BCUT2D eigenvalue weighted by Crippen LogP contribution is -2.68. The second kappa shape index (κ2) is 9.83. The third-order valence-corrected chi connectivity index (χ3v) is 6.43. The molecule has 4 rings (SSSR count). The van der Waals surface area contributed by atoms with Crippen molar-refractivity contribution in [1.82, 2.24) is 24.6 Å². The van der Waals surface area contributed by atoms with Crippen molar-refractivity contribution >= 4 is 30.6 Å². The van der Waals surface area contributed by atoms with Crippen LogP contribution in [0.4, 0.5) is 5.82 Å². The van der Waals surface area contributed by atoms with Gasteiger partial charge in [-0.05, 0) is 17.7 Å². The summed E-state index contributed by atoms with van der Waals surface area (Å²) >= 11 is 0. The maximum absolute atomic E-state index is 12.3. The Bertz CT molecular complexity index is 1260. The number of ether oxygens (including phenoxy) is 1. The van der Waals surface area contributed by atoms with Crippen LogP contribution in [0.2, 0.25) is 0 Å². The highest BCUT2D eigenvalue weighted by molar-refractivity contribution is 7.49. The summed E-state index contributed by atoms with van der Waals surface area (Å²) in [6.45, 7) is -0.681. The lowest BCUT2D eigenvalue weighted by atomic mass is 10.1. The number of hydrogen-bond acceptors (Lipinski definition) is 12. The number of phenolic OH excluding ortho intramolecular Hbond substituents is 1. The zero-order chi connectivity index (χ0) is 25.3. The van der Waals surface area contributed by atoms with Crippen molar-refractivity contribution in [2.45, 2.75) is 37.0 Å². The van der Waals surface area contributed by atoms with E-state index in [9.17, 15) is 29.6 Å². The Morgan fingerprint density at radius 3 is 2.71 bits per heavy atom. The number of fused-ring (bicyclic) bond motifs is 1. The molecule has 2 aromatic heterocycles. The van der Waals surface area contributed by atoms with E-state index in [2.05, 4.69) is 20.7 Å². The van der Waals surface area contributed by atoms with Gasteiger partial charge >= 0.3 is 0 Å². The third-order valence-electron chi connectivity index (χ3n) is 5.44. The van der Waals surface area contributed by atoms with Crippen molar-refractivity contribution in [3.05, 3.63) is 42.5 Å². The van der Waals surface area contributed by atoms with Gasteiger partial charge in [-0.15, -0.1) is 0 Å². The first-order valence-corrected chi connectivity index (χ1v) is 11.9. The SMILES string of the molecule is Nc1ncnc2c1ncn2[C@@H]1O[C@H](COP(=O)([O-])NC(=O)[C@@H]([NH3+])Cc2ccc(O)cc2)[C@@H](O)[C@H]1O. The number of nitrogens with two attached hydrogens (primary N) is 1. The zero-order valence-corrected chi connectivity index (χ0v) is 19.1. The lowest BCUT2D eigenvalue weighted by molar-refractivity contribution is -0.403. The summed E-state index contributed by atoms with van der Waals surface area (Å²) < 4.78 is 24.0. The van der Waals surface area contributed by atoms with Crippen molar-refractivity contribution in [2.24, 2.45) is 0 Å². The molecule has 3 heterocycles. The summed E-state index contributed by atoms with van der Waals surface area (Å²) in [5, 5.41) is 31.9. The van der Waals surface area contributed by atoms with E-state index in [1.807, 2.05) is 0 Å². The van der Waals surface area contributed by atoms with E-state index in [1.165, 1.54) is 29.4 Å². The van der Waals surface area contributed by atoms with Gasteiger partial charge in [0, 0.05) is 6.42 Å². The molecule has 9 N–H and O–H groups in total. The number of aliphatic hydroxyl groups is 2. The molecule has 6 atom stereocenters. The number of rotatable bonds is 8. The van der Waals surface area contributed by atoms with Crippen LogP contribution in [0.15, 0.2) is 36.9 Å². The normalized spacial score (nSPS) is 24.8. The number of quaternary nitrogens is 1. The van der Waals surface area contributed by atoms with Gasteiger partial charge in [0.1, 0.15) is 35.9 Å². The minimum absolute atomic E-state index is 0.0542. The first kappa shape index (κ1) is 24.9. The maximum Gasteiger partial charge on any atom is 0.284 e. The number of anilines is 1. The third kappa shape index (κ3) is 5.41. The monoisotopic (exact) mass is 509 g/mol. The largest absolute Gasteiger partial charge is 0.762 e. The second-order valence-electron chi connectivity index (χ2n) is 7.97. The number of aromatic nitrogens is 4. The molecule has 3 aromatic rings. The number of benzene rings is 1. The van der Waals surface area contributed by atoms with Crippen LogP contribution in [0.5, 0.6) is 5.75 Å². The average molecular weight is 509 g/mol. The fourth-order valence-corrected chi connectivity index (χ4v) is 4.45. The summed E-state index contributed by atoms with van der Waals surface area (Å²) in [5.74, 6) is -0.734. The lowest BCUT2D eigenvalue weighted by Gasteiger charge is -2.26. The molecule has 0 saturated carbocycles. The van der Waals surface area contributed by atoms with Gasteiger partial charge in [-0.1, -0.05) is 12.1 Å². The zero-order valence-electron chi connectivity index (χ0n) is 18.2. The van der Waals surface area contributed by atoms with E-state index in [1.54, 1.807) is 17.2 Å². The number of amides is 1. The van der Waals surface area contributed by atoms with E-state index in [0.717, 1.165) is 0 Å². The van der Waals surface area contributed by atoms with Crippen molar-refractivity contribution in [3.8, 4) is 5.75 Å². The highest BCUT2D eigenvalue weighted by Gasteiger charge is 2.45. The van der Waals surface area contributed by atoms with Crippen LogP contribution < -0.4 is 21.4 Å². The van der Waals surface area contributed by atoms with E-state index in [-0.39, 0.29) is 29.2 Å². The number of aromatic hydroxyl groups is 1. The predicted molar refractivity (Wildman–Crippen MR) is 116 cm³/mol. The number of carbonyl (C=O) groups is 1. The summed E-state index contributed by atoms with van der Waals surface area (Å²) in [6.07, 6.45) is -2.78. The average Bonchev–Trinajstić information content (AvgIpc) is 3.36. The number of nitrogens with zero attached hydrogens (tertiary/aromatic N) is 4. The van der Waals surface area contributed by atoms with Gasteiger partial charge in [0.2, 0.25) is 7.75 Å². The fourth-order valence-electron chi connectivity index (χ4n) is 3.59. The Morgan fingerprint density at radius 1 is 1.29 bits per heavy atom. The molecule has 1 unspecified atom stereocenters. The van der Waals surface area contributed by atoms with Gasteiger partial charge < -0.3 is 40.9 Å². The molecule has 15 nitrogen and oxygen atoms in total. The van der Waals surface area contributed by atoms with Gasteiger partial charge in [-0.25, -0.2) is 15.0 Å². The van der Waals surface area contributed by atoms with Crippen LogP contribution in [-0.4, -0.2) is 71.7 Å². The number of aliphatic hydroxyl groups excluding tert-OH is 2. The predicted octanol–water partition coefficient (Wildman–Crippen LogP) is -2.81. The minimum atomic E-state index is -4.90. The Hall–Kier alpha value is -3.17. The Kier molecular flexibility index (Phi) is 7.00. The summed E-state index contributed by atoms with van der Waals surface area (Å²) in [4.78, 5) is 36.5. The van der Waals surface area contributed by atoms with Crippen molar-refractivity contribution < 1.29 is 44.6 Å². The first-order chi connectivity index (χ1) is 16.6. The molecule has 1 saturated heterocycles. The molecule has 1 amide bonds. The molecule has 1 aliphatic rings. The summed E-state index contributed by atoms with van der Waals surface area (Å²) in [7, 11) is -4.90. The molecule has 35 heavy (non-hydrogen) atoms. The van der Waals surface area contributed by atoms with Crippen molar-refractivity contribution in [1.29, 1.82) is 0 Å². The minimum Gasteiger partial charge on any atom is -0.762 e. The van der Waals surface area contributed by atoms with Crippen molar-refractivity contribution in [2.75, 3.05) is 12.3 Å². The molecule has 0 aliphatic carbocycles. The fraction of sp³-hybridized carbons (Fsp3) is 0.368. The quantitative estimate of drug-likeness (QED) is 0.168. The maximum atomic E-state index is 12.3. The molecule has 188 valence electrons. The smallest absolute Gasteiger partial charge is 0.284 e. The molecule has 16 heteroatoms. The number of imidazole rings is 1. The number of hydrogen-bond donors (Lipinski definition) is 6. The number of nitrogen functional groups attached to an aromatic ring is 1. The molecular weight excluding hydrogens is 485 g/mol. The molecule has 0 spiro atoms. The molecule has 1 fully saturated rings. The van der Waals surface area contributed by atoms with Crippen LogP contribution in [0.25, 0.3) is 11.2 Å². The van der Waals surface area contributed by atoms with E-state index in [4.69, 9.17) is 15.0 Å². The molecule has 0 bridgehead atoms. The van der Waals surface area contributed by atoms with Gasteiger partial charge in [-0.2, -0.15) is 0 Å². The standard InChI is InChI=1S/C19H24N7O8P/c20-11(5-9-1-3-10(27)4-2-9)18(30)25-35(31,32)33-6-12-14(28)15(29)19(34-12)26-8-24-13-16(21)22-7-23-17(13)26/h1-4,7-8,11-12,14-15,19,27-29H,5-6,20H2,(H2,21,22,23)(H2,25,30,31,32)/t11-,12+,14+,15+,19+/m0/s1. The first-order valence-electron chi connectivity index (χ1n) is 10.4. The van der Waals surface area contributed by atoms with Crippen molar-refractivity contribution in [3.63, 3.8) is 0 Å². The van der Waals surface area contributed by atoms with E-state index >= 15 is 0 Å². The number of carbonyl (C=O) groups excluding carboxylic acids is 1. The van der Waals surface area contributed by atoms with E-state index in [0.29, 0.717) is 5.56 Å². The summed E-state index contributed by atoms with van der Waals surface area (Å²) in [5.41, 5.74) is 10.6. The molecule has 1 aromatic carbocycles.